The summed E-state index contributed by atoms with van der Waals surface area (Å²) in [5.74, 6) is 1.05. The molecule has 0 unspecified atom stereocenters. The van der Waals surface area contributed by atoms with Gasteiger partial charge in [-0.2, -0.15) is 0 Å². The Balaban J connectivity index is 0.000000595. The van der Waals surface area contributed by atoms with Crippen LogP contribution in [0.2, 0.25) is 5.02 Å². The van der Waals surface area contributed by atoms with Crippen LogP contribution in [-0.4, -0.2) is 52.8 Å². The summed E-state index contributed by atoms with van der Waals surface area (Å²) in [6.07, 6.45) is 3.32. The third-order valence-corrected chi connectivity index (χ3v) is 3.56. The number of piperazine rings is 1. The van der Waals surface area contributed by atoms with E-state index in [1.54, 1.807) is 31.5 Å². The fourth-order valence-corrected chi connectivity index (χ4v) is 2.39. The lowest BCUT2D eigenvalue weighted by atomic mass is 10.2. The van der Waals surface area contributed by atoms with Gasteiger partial charge in [0.05, 0.1) is 0 Å². The van der Waals surface area contributed by atoms with E-state index in [9.17, 15) is 4.79 Å². The minimum atomic E-state index is -0.318. The Labute approximate surface area is 139 Å². The molecule has 1 saturated heterocycles. The number of aromatic amines is 1. The van der Waals surface area contributed by atoms with Crippen molar-refractivity contribution in [3.05, 3.63) is 39.9 Å². The Morgan fingerprint density at radius 3 is 2.52 bits per heavy atom. The van der Waals surface area contributed by atoms with Crippen molar-refractivity contribution in [2.75, 3.05) is 37.7 Å². The molecule has 1 aliphatic heterocycles. The highest BCUT2D eigenvalue weighted by atomic mass is 35.5. The SMILES string of the molecule is CCO.O=c1[nH]c(-c2ccncc2)nc(N2CCNCC2)c1Cl. The molecule has 1 fully saturated rings. The van der Waals surface area contributed by atoms with Gasteiger partial charge in [0, 0.05) is 50.7 Å². The van der Waals surface area contributed by atoms with Crippen LogP contribution >= 0.6 is 11.6 Å². The Morgan fingerprint density at radius 1 is 1.30 bits per heavy atom. The van der Waals surface area contributed by atoms with Crippen LogP contribution in [-0.2, 0) is 0 Å². The van der Waals surface area contributed by atoms with E-state index >= 15 is 0 Å². The molecule has 0 amide bonds. The maximum Gasteiger partial charge on any atom is 0.272 e. The Bertz CT molecular complexity index is 671. The van der Waals surface area contributed by atoms with Crippen LogP contribution in [0.25, 0.3) is 11.4 Å². The van der Waals surface area contributed by atoms with E-state index < -0.39 is 0 Å². The molecule has 0 saturated carbocycles. The first-order valence-electron chi connectivity index (χ1n) is 7.44. The third kappa shape index (κ3) is 4.51. The van der Waals surface area contributed by atoms with Crippen molar-refractivity contribution in [1.29, 1.82) is 0 Å². The van der Waals surface area contributed by atoms with Crippen LogP contribution < -0.4 is 15.8 Å². The van der Waals surface area contributed by atoms with Crippen LogP contribution in [0.5, 0.6) is 0 Å². The molecular weight excluding hydrogens is 318 g/mol. The van der Waals surface area contributed by atoms with Gasteiger partial charge < -0.3 is 20.3 Å². The average Bonchev–Trinajstić information content (AvgIpc) is 2.59. The molecule has 8 heteroatoms. The van der Waals surface area contributed by atoms with Crippen molar-refractivity contribution in [3.8, 4) is 11.4 Å². The highest BCUT2D eigenvalue weighted by Crippen LogP contribution is 2.23. The number of nitrogens with one attached hydrogen (secondary N) is 2. The van der Waals surface area contributed by atoms with Gasteiger partial charge in [-0.05, 0) is 19.1 Å². The van der Waals surface area contributed by atoms with E-state index in [4.69, 9.17) is 16.7 Å². The normalized spacial score (nSPS) is 14.1. The van der Waals surface area contributed by atoms with Crippen molar-refractivity contribution >= 4 is 17.4 Å². The molecule has 23 heavy (non-hydrogen) atoms. The zero-order chi connectivity index (χ0) is 16.7. The summed E-state index contributed by atoms with van der Waals surface area (Å²) in [6.45, 7) is 5.21. The van der Waals surface area contributed by atoms with Crippen molar-refractivity contribution < 1.29 is 5.11 Å². The Hall–Kier alpha value is -1.96. The second-order valence-corrected chi connectivity index (χ2v) is 5.22. The predicted molar refractivity (Wildman–Crippen MR) is 90.9 cm³/mol. The number of H-pyrrole nitrogens is 1. The number of halogens is 1. The molecule has 0 aromatic carbocycles. The van der Waals surface area contributed by atoms with Gasteiger partial charge in [-0.1, -0.05) is 11.6 Å². The standard InChI is InChI=1S/C13H14ClN5O.C2H6O/c14-10-12(19-7-5-16-6-8-19)17-11(18-13(10)20)9-1-3-15-4-2-9;1-2-3/h1-4,16H,5-8H2,(H,17,18,20);3H,2H2,1H3. The molecule has 3 N–H and O–H groups in total. The van der Waals surface area contributed by atoms with Gasteiger partial charge in [-0.25, -0.2) is 4.98 Å². The largest absolute Gasteiger partial charge is 0.397 e. The lowest BCUT2D eigenvalue weighted by molar-refractivity contribution is 0.318. The minimum Gasteiger partial charge on any atom is -0.397 e. The van der Waals surface area contributed by atoms with E-state index in [0.29, 0.717) is 11.6 Å². The topological polar surface area (TPSA) is 94.1 Å². The number of hydrogen-bond donors (Lipinski definition) is 3. The minimum absolute atomic E-state index is 0.143. The van der Waals surface area contributed by atoms with Gasteiger partial charge in [0.25, 0.3) is 5.56 Å². The number of aromatic nitrogens is 3. The summed E-state index contributed by atoms with van der Waals surface area (Å²) in [5, 5.41) is 11.0. The van der Waals surface area contributed by atoms with Gasteiger partial charge in [0.15, 0.2) is 5.82 Å². The second-order valence-electron chi connectivity index (χ2n) is 4.84. The Morgan fingerprint density at radius 2 is 1.91 bits per heavy atom. The highest BCUT2D eigenvalue weighted by Gasteiger charge is 2.18. The first kappa shape index (κ1) is 17.4. The summed E-state index contributed by atoms with van der Waals surface area (Å²) in [4.78, 5) is 25.2. The van der Waals surface area contributed by atoms with Crippen molar-refractivity contribution in [2.24, 2.45) is 0 Å². The summed E-state index contributed by atoms with van der Waals surface area (Å²) < 4.78 is 0. The van der Waals surface area contributed by atoms with E-state index in [-0.39, 0.29) is 17.2 Å². The van der Waals surface area contributed by atoms with Gasteiger partial charge in [0.1, 0.15) is 10.8 Å². The maximum absolute atomic E-state index is 12.0. The van der Waals surface area contributed by atoms with Crippen molar-refractivity contribution in [2.45, 2.75) is 6.92 Å². The molecule has 2 aromatic rings. The van der Waals surface area contributed by atoms with Gasteiger partial charge in [-0.15, -0.1) is 0 Å². The molecule has 0 spiro atoms. The van der Waals surface area contributed by atoms with Crippen LogP contribution in [0.3, 0.4) is 0 Å². The fourth-order valence-electron chi connectivity index (χ4n) is 2.18. The molecule has 2 aromatic heterocycles. The highest BCUT2D eigenvalue weighted by molar-refractivity contribution is 6.32. The fraction of sp³-hybridized carbons (Fsp3) is 0.400. The lowest BCUT2D eigenvalue weighted by Crippen LogP contribution is -2.44. The van der Waals surface area contributed by atoms with Crippen LogP contribution in [0, 0.1) is 0 Å². The predicted octanol–water partition coefficient (Wildman–Crippen LogP) is 0.893. The molecule has 0 aliphatic carbocycles. The maximum atomic E-state index is 12.0. The molecule has 1 aliphatic rings. The molecule has 7 nitrogen and oxygen atoms in total. The first-order chi connectivity index (χ1) is 11.2. The van der Waals surface area contributed by atoms with Gasteiger partial charge in [-0.3, -0.25) is 9.78 Å². The molecule has 0 radical (unpaired) electrons. The number of rotatable bonds is 2. The van der Waals surface area contributed by atoms with Crippen LogP contribution in [0.1, 0.15) is 6.92 Å². The van der Waals surface area contributed by atoms with Crippen LogP contribution in [0.4, 0.5) is 5.82 Å². The van der Waals surface area contributed by atoms with Crippen LogP contribution in [0.15, 0.2) is 29.3 Å². The molecular formula is C15H20ClN5O2. The van der Waals surface area contributed by atoms with Gasteiger partial charge in [0.2, 0.25) is 0 Å². The van der Waals surface area contributed by atoms with E-state index in [2.05, 4.69) is 20.3 Å². The number of hydrogen-bond acceptors (Lipinski definition) is 6. The molecule has 124 valence electrons. The summed E-state index contributed by atoms with van der Waals surface area (Å²) in [6, 6.07) is 3.60. The number of aliphatic hydroxyl groups is 1. The van der Waals surface area contributed by atoms with Gasteiger partial charge >= 0.3 is 0 Å². The quantitative estimate of drug-likeness (QED) is 0.753. The van der Waals surface area contributed by atoms with Crippen molar-refractivity contribution in [1.82, 2.24) is 20.3 Å². The average molecular weight is 338 g/mol. The monoisotopic (exact) mass is 337 g/mol. The molecule has 0 atom stereocenters. The van der Waals surface area contributed by atoms with E-state index in [1.807, 2.05) is 4.90 Å². The Kier molecular flexibility index (Phi) is 6.52. The number of aliphatic hydroxyl groups excluding tert-OH is 1. The molecule has 3 rings (SSSR count). The summed E-state index contributed by atoms with van der Waals surface area (Å²) >= 11 is 6.11. The zero-order valence-electron chi connectivity index (χ0n) is 12.9. The van der Waals surface area contributed by atoms with E-state index in [0.717, 1.165) is 31.7 Å². The molecule has 3 heterocycles. The number of nitrogens with zero attached hydrogens (tertiary/aromatic N) is 3. The molecule has 0 bridgehead atoms. The zero-order valence-corrected chi connectivity index (χ0v) is 13.7. The second kappa shape index (κ2) is 8.61. The number of pyridine rings is 1. The first-order valence-corrected chi connectivity index (χ1v) is 7.82. The smallest absolute Gasteiger partial charge is 0.272 e. The third-order valence-electron chi connectivity index (χ3n) is 3.22. The summed E-state index contributed by atoms with van der Waals surface area (Å²) in [5.41, 5.74) is 0.493. The van der Waals surface area contributed by atoms with E-state index in [1.165, 1.54) is 0 Å². The summed E-state index contributed by atoms with van der Waals surface area (Å²) in [7, 11) is 0. The lowest BCUT2D eigenvalue weighted by Gasteiger charge is -2.29. The number of anilines is 1. The van der Waals surface area contributed by atoms with Crippen molar-refractivity contribution in [3.63, 3.8) is 0 Å².